The Hall–Kier alpha value is -8.49. The molecule has 65 heavy (non-hydrogen) atoms. The van der Waals surface area contributed by atoms with Gasteiger partial charge in [0.25, 0.3) is 0 Å². The summed E-state index contributed by atoms with van der Waals surface area (Å²) >= 11 is 0. The van der Waals surface area contributed by atoms with Crippen molar-refractivity contribution < 1.29 is 0 Å². The van der Waals surface area contributed by atoms with Crippen LogP contribution in [0.15, 0.2) is 200 Å². The molecule has 0 amide bonds. The third-order valence-electron chi connectivity index (χ3n) is 11.8. The van der Waals surface area contributed by atoms with E-state index in [1.807, 2.05) is 140 Å². The molecule has 8 nitrogen and oxygen atoms in total. The monoisotopic (exact) mass is 838 g/mol. The van der Waals surface area contributed by atoms with Gasteiger partial charge in [0.05, 0.1) is 11.0 Å². The van der Waals surface area contributed by atoms with Crippen molar-refractivity contribution in [2.24, 2.45) is 0 Å². The Labute approximate surface area is 377 Å². The lowest BCUT2D eigenvalue weighted by Gasteiger charge is -2.19. The van der Waals surface area contributed by atoms with Gasteiger partial charge >= 0.3 is 0 Å². The highest BCUT2D eigenvalue weighted by Crippen LogP contribution is 2.41. The molecule has 0 aliphatic carbocycles. The Kier molecular flexibility index (Phi) is 9.89. The van der Waals surface area contributed by atoms with Crippen molar-refractivity contribution in [1.29, 1.82) is 0 Å². The summed E-state index contributed by atoms with van der Waals surface area (Å²) in [6.45, 7) is 6.78. The topological polar surface area (TPSA) is 95.2 Å². The first-order valence-corrected chi connectivity index (χ1v) is 21.7. The van der Waals surface area contributed by atoms with E-state index >= 15 is 0 Å². The zero-order chi connectivity index (χ0) is 43.9. The van der Waals surface area contributed by atoms with Crippen LogP contribution in [0.5, 0.6) is 0 Å². The molecule has 11 rings (SSSR count). The van der Waals surface area contributed by atoms with E-state index in [4.69, 9.17) is 34.9 Å². The molecule has 0 spiro atoms. The molecule has 310 valence electrons. The summed E-state index contributed by atoms with van der Waals surface area (Å²) in [4.78, 5) is 35.5. The van der Waals surface area contributed by atoms with Gasteiger partial charge in [-0.1, -0.05) is 166 Å². The van der Waals surface area contributed by atoms with Gasteiger partial charge in [-0.2, -0.15) is 0 Å². The molecule has 0 saturated heterocycles. The van der Waals surface area contributed by atoms with E-state index in [0.717, 1.165) is 61.2 Å². The first kappa shape index (κ1) is 39.4. The van der Waals surface area contributed by atoms with Crippen molar-refractivity contribution in [3.63, 3.8) is 0 Å². The van der Waals surface area contributed by atoms with E-state index in [-0.39, 0.29) is 5.41 Å². The molecule has 4 heterocycles. The molecule has 0 atom stereocenters. The summed E-state index contributed by atoms with van der Waals surface area (Å²) in [6.07, 6.45) is 3.66. The summed E-state index contributed by atoms with van der Waals surface area (Å²) < 4.78 is 2.35. The smallest absolute Gasteiger partial charge is 0.166 e. The summed E-state index contributed by atoms with van der Waals surface area (Å²) in [5.41, 5.74) is 11.3. The predicted octanol–water partition coefficient (Wildman–Crippen LogP) is 13.5. The maximum atomic E-state index is 5.23. The van der Waals surface area contributed by atoms with Crippen molar-refractivity contribution in [1.82, 2.24) is 39.5 Å². The molecule has 7 aromatic carbocycles. The second-order valence-corrected chi connectivity index (χ2v) is 17.1. The number of rotatable bonds is 8. The minimum Gasteiger partial charge on any atom is -0.309 e. The zero-order valence-corrected chi connectivity index (χ0v) is 36.1. The zero-order valence-electron chi connectivity index (χ0n) is 36.1. The molecule has 0 aliphatic rings. The van der Waals surface area contributed by atoms with Gasteiger partial charge in [-0.3, -0.25) is 4.98 Å². The molecular weight excluding hydrogens is 797 g/mol. The van der Waals surface area contributed by atoms with Crippen molar-refractivity contribution in [2.75, 3.05) is 0 Å². The van der Waals surface area contributed by atoms with E-state index in [2.05, 4.69) is 86.0 Å². The van der Waals surface area contributed by atoms with Crippen molar-refractivity contribution >= 4 is 21.8 Å². The number of fused-ring (bicyclic) bond motifs is 3. The van der Waals surface area contributed by atoms with Gasteiger partial charge in [-0.25, -0.2) is 29.9 Å². The molecule has 4 aromatic heterocycles. The van der Waals surface area contributed by atoms with Gasteiger partial charge in [0.1, 0.15) is 0 Å². The van der Waals surface area contributed by atoms with Gasteiger partial charge in [0, 0.05) is 62.2 Å². The number of pyridine rings is 1. The third kappa shape index (κ3) is 7.51. The molecule has 0 fully saturated rings. The lowest BCUT2D eigenvalue weighted by atomic mass is 9.86. The molecule has 0 bridgehead atoms. The number of hydrogen-bond donors (Lipinski definition) is 0. The Morgan fingerprint density at radius 2 is 0.815 bits per heavy atom. The number of nitrogens with zero attached hydrogens (tertiary/aromatic N) is 8. The number of benzene rings is 7. The Morgan fingerprint density at radius 3 is 1.34 bits per heavy atom. The van der Waals surface area contributed by atoms with Crippen molar-refractivity contribution in [3.05, 3.63) is 206 Å². The predicted molar refractivity (Wildman–Crippen MR) is 262 cm³/mol. The van der Waals surface area contributed by atoms with Gasteiger partial charge in [-0.15, -0.1) is 0 Å². The average Bonchev–Trinajstić information content (AvgIpc) is 3.70. The highest BCUT2D eigenvalue weighted by atomic mass is 15.0. The second kappa shape index (κ2) is 16.3. The quantitative estimate of drug-likeness (QED) is 0.150. The number of hydrogen-bond acceptors (Lipinski definition) is 7. The van der Waals surface area contributed by atoms with Crippen LogP contribution in [0, 0.1) is 0 Å². The van der Waals surface area contributed by atoms with Gasteiger partial charge < -0.3 is 4.57 Å². The van der Waals surface area contributed by atoms with E-state index < -0.39 is 0 Å². The molecule has 0 unspecified atom stereocenters. The van der Waals surface area contributed by atoms with Crippen LogP contribution in [0.3, 0.4) is 0 Å². The minimum absolute atomic E-state index is 0.0124. The van der Waals surface area contributed by atoms with Crippen molar-refractivity contribution in [2.45, 2.75) is 26.2 Å². The van der Waals surface area contributed by atoms with Gasteiger partial charge in [-0.05, 0) is 64.6 Å². The fourth-order valence-electron chi connectivity index (χ4n) is 8.47. The lowest BCUT2D eigenvalue weighted by Crippen LogP contribution is -2.10. The fourth-order valence-corrected chi connectivity index (χ4v) is 8.47. The third-order valence-corrected chi connectivity index (χ3v) is 11.8. The number of aromatic nitrogens is 8. The second-order valence-electron chi connectivity index (χ2n) is 17.1. The minimum atomic E-state index is -0.0124. The van der Waals surface area contributed by atoms with Crippen molar-refractivity contribution in [3.8, 4) is 85.1 Å². The Bertz CT molecular complexity index is 3390. The molecule has 0 aliphatic heterocycles. The molecule has 0 saturated carbocycles. The van der Waals surface area contributed by atoms with E-state index in [0.29, 0.717) is 34.9 Å². The van der Waals surface area contributed by atoms with Crippen LogP contribution < -0.4 is 0 Å². The van der Waals surface area contributed by atoms with Gasteiger partial charge in [0.2, 0.25) is 0 Å². The summed E-state index contributed by atoms with van der Waals surface area (Å²) in [7, 11) is 0. The van der Waals surface area contributed by atoms with E-state index in [1.54, 1.807) is 0 Å². The highest BCUT2D eigenvalue weighted by molar-refractivity contribution is 6.09. The largest absolute Gasteiger partial charge is 0.309 e. The van der Waals surface area contributed by atoms with Crippen LogP contribution in [0.25, 0.3) is 107 Å². The normalized spacial score (nSPS) is 11.6. The summed E-state index contributed by atoms with van der Waals surface area (Å²) in [5.74, 6) is 3.31. The summed E-state index contributed by atoms with van der Waals surface area (Å²) in [5, 5.41) is 2.39. The first-order chi connectivity index (χ1) is 31.9. The molecule has 11 aromatic rings. The van der Waals surface area contributed by atoms with E-state index in [1.165, 1.54) is 16.3 Å². The van der Waals surface area contributed by atoms with Gasteiger partial charge in [0.15, 0.2) is 34.9 Å². The lowest BCUT2D eigenvalue weighted by molar-refractivity contribution is 0.591. The first-order valence-electron chi connectivity index (χ1n) is 21.7. The molecule has 0 N–H and O–H groups in total. The maximum absolute atomic E-state index is 5.23. The molecular formula is C57H42N8. The fraction of sp³-hybridized carbons (Fsp3) is 0.0702. The SMILES string of the molecule is CC(C)(C)c1ccc2c(c1)c1ccccc1n2-c1ccc(-c2nc(-c3ccccc3)nc(-c3ccccc3)n2)c(-c2ccncc2-c2nc(-c3ccccc3)nc(-c3ccccc3)n2)c1. The average molecular weight is 839 g/mol. The summed E-state index contributed by atoms with van der Waals surface area (Å²) in [6, 6.07) is 64.2. The van der Waals surface area contributed by atoms with Crippen LogP contribution in [0.2, 0.25) is 0 Å². The molecule has 8 heteroatoms. The number of para-hydroxylation sites is 1. The van der Waals surface area contributed by atoms with Crippen LogP contribution in [-0.4, -0.2) is 39.5 Å². The Balaban J connectivity index is 1.20. The van der Waals surface area contributed by atoms with E-state index in [9.17, 15) is 0 Å². The van der Waals surface area contributed by atoms with Crippen LogP contribution >= 0.6 is 0 Å². The Morgan fingerprint density at radius 1 is 0.354 bits per heavy atom. The van der Waals surface area contributed by atoms with Crippen LogP contribution in [-0.2, 0) is 5.41 Å². The molecule has 0 radical (unpaired) electrons. The maximum Gasteiger partial charge on any atom is 0.166 e. The standard InChI is InChI=1S/C57H42N8/c1-57(2,3)41-28-31-50-47(34-41)44-26-16-17-27-49(44)65(50)42-29-30-45(55-61-51(37-18-8-4-9-19-37)59-52(62-55)38-20-10-5-11-21-38)46(35-42)43-32-33-58-36-48(43)56-63-53(39-22-12-6-13-23-39)60-54(64-56)40-24-14-7-15-25-40/h4-36H,1-3H3. The van der Waals surface area contributed by atoms with Crippen LogP contribution in [0.1, 0.15) is 26.3 Å². The highest BCUT2D eigenvalue weighted by Gasteiger charge is 2.23. The van der Waals surface area contributed by atoms with Crippen LogP contribution in [0.4, 0.5) is 0 Å².